The molecule has 1 aliphatic heterocycles. The van der Waals surface area contributed by atoms with Crippen LogP contribution in [0, 0.1) is 0 Å². The molecule has 23 heavy (non-hydrogen) atoms. The molecule has 7 nitrogen and oxygen atoms in total. The van der Waals surface area contributed by atoms with Crippen molar-refractivity contribution in [3.8, 4) is 0 Å². The lowest BCUT2D eigenvalue weighted by Gasteiger charge is -2.25. The van der Waals surface area contributed by atoms with Crippen LogP contribution in [0.15, 0.2) is 34.1 Å². The van der Waals surface area contributed by atoms with Crippen molar-refractivity contribution >= 4 is 5.96 Å². The molecule has 0 saturated heterocycles. The first-order chi connectivity index (χ1) is 11.4. The zero-order chi connectivity index (χ0) is 15.5. The predicted molar refractivity (Wildman–Crippen MR) is 86.1 cm³/mol. The molecule has 4 rings (SSSR count). The fourth-order valence-corrected chi connectivity index (χ4v) is 2.84. The highest BCUT2D eigenvalue weighted by atomic mass is 16.3. The van der Waals surface area contributed by atoms with Crippen LogP contribution >= 0.6 is 0 Å². The van der Waals surface area contributed by atoms with Gasteiger partial charge < -0.3 is 15.1 Å². The minimum absolute atomic E-state index is 0.345. The van der Waals surface area contributed by atoms with Crippen LogP contribution in [0.4, 0.5) is 0 Å². The monoisotopic (exact) mass is 314 g/mol. The molecule has 7 heteroatoms. The van der Waals surface area contributed by atoms with E-state index in [0.717, 1.165) is 49.9 Å². The summed E-state index contributed by atoms with van der Waals surface area (Å²) in [6.07, 6.45) is 8.65. The largest absolute Gasteiger partial charge is 0.469 e. The number of fused-ring (bicyclic) bond motifs is 1. The first kappa shape index (κ1) is 14.3. The van der Waals surface area contributed by atoms with Crippen LogP contribution in [0.2, 0.25) is 0 Å². The van der Waals surface area contributed by atoms with Crippen LogP contribution in [-0.2, 0) is 19.4 Å². The minimum Gasteiger partial charge on any atom is -0.469 e. The molecular weight excluding hydrogens is 292 g/mol. The van der Waals surface area contributed by atoms with E-state index in [4.69, 9.17) is 9.41 Å². The number of nitrogens with zero attached hydrogens (tertiary/aromatic N) is 4. The molecule has 122 valence electrons. The summed E-state index contributed by atoms with van der Waals surface area (Å²) in [4.78, 5) is 8.98. The zero-order valence-corrected chi connectivity index (χ0v) is 13.1. The average molecular weight is 314 g/mol. The SMILES string of the molecule is c1coc(CCN=C(NC2CC2)NC2CCc3ncnn3C2)c1. The van der Waals surface area contributed by atoms with Crippen LogP contribution in [-0.4, -0.2) is 39.4 Å². The van der Waals surface area contributed by atoms with E-state index in [1.165, 1.54) is 12.8 Å². The maximum atomic E-state index is 5.36. The number of aryl methyl sites for hydroxylation is 1. The van der Waals surface area contributed by atoms with Gasteiger partial charge in [0.15, 0.2) is 5.96 Å². The summed E-state index contributed by atoms with van der Waals surface area (Å²) in [5, 5.41) is 11.3. The Morgan fingerprint density at radius 3 is 3.04 bits per heavy atom. The third-order valence-corrected chi connectivity index (χ3v) is 4.27. The Kier molecular flexibility index (Phi) is 4.00. The van der Waals surface area contributed by atoms with E-state index in [-0.39, 0.29) is 0 Å². The molecule has 1 atom stereocenters. The van der Waals surface area contributed by atoms with Gasteiger partial charge in [-0.25, -0.2) is 9.67 Å². The van der Waals surface area contributed by atoms with Gasteiger partial charge in [-0.1, -0.05) is 0 Å². The second kappa shape index (κ2) is 6.44. The van der Waals surface area contributed by atoms with Crippen molar-refractivity contribution < 1.29 is 4.42 Å². The Balaban J connectivity index is 1.35. The summed E-state index contributed by atoms with van der Waals surface area (Å²) in [5.74, 6) is 2.96. The lowest BCUT2D eigenvalue weighted by atomic mass is 10.1. The number of guanidine groups is 1. The molecule has 0 spiro atoms. The van der Waals surface area contributed by atoms with E-state index in [1.807, 2.05) is 16.8 Å². The zero-order valence-electron chi connectivity index (χ0n) is 13.1. The van der Waals surface area contributed by atoms with Gasteiger partial charge in [0.25, 0.3) is 0 Å². The van der Waals surface area contributed by atoms with Gasteiger partial charge in [-0.3, -0.25) is 4.99 Å². The topological polar surface area (TPSA) is 80.3 Å². The lowest BCUT2D eigenvalue weighted by Crippen LogP contribution is -2.47. The first-order valence-electron chi connectivity index (χ1n) is 8.33. The molecule has 1 aliphatic carbocycles. The second-order valence-electron chi connectivity index (χ2n) is 6.22. The summed E-state index contributed by atoms with van der Waals surface area (Å²) in [6.45, 7) is 1.57. The van der Waals surface area contributed by atoms with E-state index in [0.29, 0.717) is 12.1 Å². The molecule has 2 aliphatic rings. The quantitative estimate of drug-likeness (QED) is 0.639. The van der Waals surface area contributed by atoms with Gasteiger partial charge in [-0.2, -0.15) is 5.10 Å². The number of nitrogens with one attached hydrogen (secondary N) is 2. The van der Waals surface area contributed by atoms with Crippen molar-refractivity contribution in [2.24, 2.45) is 4.99 Å². The highest BCUT2D eigenvalue weighted by molar-refractivity contribution is 5.80. The number of hydrogen-bond acceptors (Lipinski definition) is 4. The van der Waals surface area contributed by atoms with Gasteiger partial charge in [0.05, 0.1) is 12.8 Å². The van der Waals surface area contributed by atoms with Crippen molar-refractivity contribution in [1.29, 1.82) is 0 Å². The average Bonchev–Trinajstić information content (AvgIpc) is 3.02. The van der Waals surface area contributed by atoms with E-state index < -0.39 is 0 Å². The Morgan fingerprint density at radius 1 is 1.30 bits per heavy atom. The van der Waals surface area contributed by atoms with Gasteiger partial charge in [-0.15, -0.1) is 0 Å². The molecule has 2 N–H and O–H groups in total. The van der Waals surface area contributed by atoms with Crippen LogP contribution in [0.1, 0.15) is 30.8 Å². The Hall–Kier alpha value is -2.31. The molecule has 1 saturated carbocycles. The summed E-state index contributed by atoms with van der Waals surface area (Å²) in [7, 11) is 0. The molecular formula is C16H22N6O. The summed E-state index contributed by atoms with van der Waals surface area (Å²) < 4.78 is 7.35. The van der Waals surface area contributed by atoms with Crippen molar-refractivity contribution in [2.75, 3.05) is 6.54 Å². The first-order valence-corrected chi connectivity index (χ1v) is 8.33. The summed E-state index contributed by atoms with van der Waals surface area (Å²) >= 11 is 0. The fraction of sp³-hybridized carbons (Fsp3) is 0.562. The molecule has 0 amide bonds. The van der Waals surface area contributed by atoms with Crippen LogP contribution < -0.4 is 10.6 Å². The summed E-state index contributed by atoms with van der Waals surface area (Å²) in [6, 6.07) is 4.83. The third-order valence-electron chi connectivity index (χ3n) is 4.27. The van der Waals surface area contributed by atoms with E-state index in [1.54, 1.807) is 12.6 Å². The lowest BCUT2D eigenvalue weighted by molar-refractivity contribution is 0.392. The van der Waals surface area contributed by atoms with Gasteiger partial charge in [0.1, 0.15) is 17.9 Å². The maximum Gasteiger partial charge on any atom is 0.191 e. The molecule has 2 aromatic rings. The third kappa shape index (κ3) is 3.72. The van der Waals surface area contributed by atoms with Crippen molar-refractivity contribution in [2.45, 2.75) is 50.7 Å². The highest BCUT2D eigenvalue weighted by Gasteiger charge is 2.25. The number of aliphatic imine (C=N–C) groups is 1. The maximum absolute atomic E-state index is 5.36. The smallest absolute Gasteiger partial charge is 0.191 e. The van der Waals surface area contributed by atoms with Gasteiger partial charge in [0.2, 0.25) is 0 Å². The molecule has 1 fully saturated rings. The second-order valence-corrected chi connectivity index (χ2v) is 6.22. The fourth-order valence-electron chi connectivity index (χ4n) is 2.84. The normalized spacial score (nSPS) is 21.0. The van der Waals surface area contributed by atoms with Crippen molar-refractivity contribution in [3.63, 3.8) is 0 Å². The number of aromatic nitrogens is 3. The van der Waals surface area contributed by atoms with Crippen molar-refractivity contribution in [3.05, 3.63) is 36.3 Å². The van der Waals surface area contributed by atoms with Gasteiger partial charge >= 0.3 is 0 Å². The van der Waals surface area contributed by atoms with E-state index in [2.05, 4.69) is 20.7 Å². The van der Waals surface area contributed by atoms with E-state index in [9.17, 15) is 0 Å². The van der Waals surface area contributed by atoms with Crippen LogP contribution in [0.5, 0.6) is 0 Å². The number of furan rings is 1. The Labute approximate surface area is 135 Å². The molecule has 1 unspecified atom stereocenters. The molecule has 3 heterocycles. The number of rotatable bonds is 5. The molecule has 0 radical (unpaired) electrons. The van der Waals surface area contributed by atoms with E-state index >= 15 is 0 Å². The van der Waals surface area contributed by atoms with Gasteiger partial charge in [-0.05, 0) is 31.4 Å². The summed E-state index contributed by atoms with van der Waals surface area (Å²) in [5.41, 5.74) is 0. The predicted octanol–water partition coefficient (Wildman–Crippen LogP) is 1.13. The van der Waals surface area contributed by atoms with Gasteiger partial charge in [0, 0.05) is 31.5 Å². The number of hydrogen-bond donors (Lipinski definition) is 2. The molecule has 0 aromatic carbocycles. The van der Waals surface area contributed by atoms with Crippen LogP contribution in [0.3, 0.4) is 0 Å². The standard InChI is InChI=1S/C16H22N6O/c1-2-14(23-9-1)7-8-17-16(20-12-3-4-12)21-13-5-6-15-18-11-19-22(15)10-13/h1-2,9,11-13H,3-8,10H2,(H2,17,20,21). The Bertz CT molecular complexity index is 658. The Morgan fingerprint density at radius 2 is 2.22 bits per heavy atom. The highest BCUT2D eigenvalue weighted by Crippen LogP contribution is 2.18. The molecule has 0 bridgehead atoms. The minimum atomic E-state index is 0.345. The van der Waals surface area contributed by atoms with Crippen molar-refractivity contribution in [1.82, 2.24) is 25.4 Å². The van der Waals surface area contributed by atoms with Crippen LogP contribution in [0.25, 0.3) is 0 Å². The molecule has 2 aromatic heterocycles.